The Balaban J connectivity index is 0.000000160. The first-order valence-electron chi connectivity index (χ1n) is 6.02. The second kappa shape index (κ2) is 5.87. The van der Waals surface area contributed by atoms with E-state index in [-0.39, 0.29) is 5.91 Å². The summed E-state index contributed by atoms with van der Waals surface area (Å²) in [5.74, 6) is 0.591. The maximum absolute atomic E-state index is 10.7. The van der Waals surface area contributed by atoms with Crippen LogP contribution in [0, 0.1) is 0 Å². The van der Waals surface area contributed by atoms with Crippen molar-refractivity contribution in [1.29, 1.82) is 0 Å². The van der Waals surface area contributed by atoms with E-state index in [1.54, 1.807) is 9.80 Å². The van der Waals surface area contributed by atoms with Gasteiger partial charge in [0.2, 0.25) is 11.8 Å². The van der Waals surface area contributed by atoms with Gasteiger partial charge in [-0.25, -0.2) is 0 Å². The summed E-state index contributed by atoms with van der Waals surface area (Å²) in [6.07, 6.45) is 4.81. The molecule has 0 aromatic rings. The lowest BCUT2D eigenvalue weighted by Crippen LogP contribution is -2.31. The third-order valence-electron chi connectivity index (χ3n) is 3.39. The van der Waals surface area contributed by atoms with E-state index in [9.17, 15) is 9.59 Å². The molecule has 0 aromatic heterocycles. The van der Waals surface area contributed by atoms with Crippen LogP contribution in [0.5, 0.6) is 0 Å². The van der Waals surface area contributed by atoms with Crippen molar-refractivity contribution in [3.63, 3.8) is 0 Å². The molecule has 2 saturated heterocycles. The zero-order chi connectivity index (χ0) is 12.1. The van der Waals surface area contributed by atoms with Crippen molar-refractivity contribution in [2.24, 2.45) is 0 Å². The fourth-order valence-corrected chi connectivity index (χ4v) is 1.89. The molecule has 0 aromatic carbocycles. The molecule has 2 aliphatic heterocycles. The van der Waals surface area contributed by atoms with E-state index in [1.165, 1.54) is 6.42 Å². The summed E-state index contributed by atoms with van der Waals surface area (Å²) in [7, 11) is 3.72. The highest BCUT2D eigenvalue weighted by Gasteiger charge is 2.22. The van der Waals surface area contributed by atoms with Crippen LogP contribution in [0.1, 0.15) is 39.0 Å². The van der Waals surface area contributed by atoms with Crippen molar-refractivity contribution in [3.8, 4) is 0 Å². The summed E-state index contributed by atoms with van der Waals surface area (Å²) < 4.78 is 0. The van der Waals surface area contributed by atoms with Gasteiger partial charge in [-0.3, -0.25) is 9.59 Å². The monoisotopic (exact) mass is 226 g/mol. The molecule has 92 valence electrons. The first-order chi connectivity index (χ1) is 7.52. The Kier molecular flexibility index (Phi) is 4.77. The summed E-state index contributed by atoms with van der Waals surface area (Å²) >= 11 is 0. The molecule has 0 spiro atoms. The Morgan fingerprint density at radius 2 is 1.75 bits per heavy atom. The van der Waals surface area contributed by atoms with Gasteiger partial charge in [0.1, 0.15) is 0 Å². The Labute approximate surface area is 97.6 Å². The number of amides is 2. The van der Waals surface area contributed by atoms with Gasteiger partial charge in [0, 0.05) is 39.5 Å². The molecule has 4 nitrogen and oxygen atoms in total. The van der Waals surface area contributed by atoms with Crippen LogP contribution in [0.2, 0.25) is 0 Å². The standard InChI is InChI=1S/2C6H11NO/c1-5-3-4-6(8)7(5)2;1-7-5-3-2-4-6(7)8/h5H,3-4H2,1-2H3;2-5H2,1H3. The van der Waals surface area contributed by atoms with E-state index in [0.29, 0.717) is 11.9 Å². The number of nitrogens with zero attached hydrogens (tertiary/aromatic N) is 2. The molecule has 1 atom stereocenters. The number of carbonyl (C=O) groups is 2. The van der Waals surface area contributed by atoms with Gasteiger partial charge in [-0.2, -0.15) is 0 Å². The number of piperidine rings is 1. The summed E-state index contributed by atoms with van der Waals surface area (Å²) in [6.45, 7) is 3.03. The third kappa shape index (κ3) is 3.51. The average Bonchev–Trinajstić information content (AvgIpc) is 2.55. The van der Waals surface area contributed by atoms with E-state index >= 15 is 0 Å². The predicted molar refractivity (Wildman–Crippen MR) is 63.0 cm³/mol. The molecule has 2 aliphatic rings. The molecule has 0 N–H and O–H groups in total. The third-order valence-corrected chi connectivity index (χ3v) is 3.39. The quantitative estimate of drug-likeness (QED) is 0.624. The summed E-state index contributed by atoms with van der Waals surface area (Å²) in [6, 6.07) is 0.475. The van der Waals surface area contributed by atoms with Crippen LogP contribution >= 0.6 is 0 Å². The van der Waals surface area contributed by atoms with Crippen LogP contribution in [-0.2, 0) is 9.59 Å². The Morgan fingerprint density at radius 3 is 2.00 bits per heavy atom. The maximum atomic E-state index is 10.7. The molecule has 2 heterocycles. The van der Waals surface area contributed by atoms with Gasteiger partial charge in [0.25, 0.3) is 0 Å². The number of carbonyl (C=O) groups excluding carboxylic acids is 2. The molecule has 0 radical (unpaired) electrons. The molecule has 0 bridgehead atoms. The van der Waals surface area contributed by atoms with Crippen LogP contribution in [-0.4, -0.2) is 48.3 Å². The van der Waals surface area contributed by atoms with Gasteiger partial charge in [-0.05, 0) is 26.2 Å². The molecule has 0 aliphatic carbocycles. The van der Waals surface area contributed by atoms with Crippen LogP contribution in [0.4, 0.5) is 0 Å². The minimum absolute atomic E-state index is 0.289. The lowest BCUT2D eigenvalue weighted by molar-refractivity contribution is -0.131. The molecule has 2 fully saturated rings. The molecule has 2 amide bonds. The molecule has 4 heteroatoms. The minimum Gasteiger partial charge on any atom is -0.346 e. The molecule has 2 rings (SSSR count). The first-order valence-corrected chi connectivity index (χ1v) is 6.02. The van der Waals surface area contributed by atoms with Gasteiger partial charge in [0.05, 0.1) is 0 Å². The number of hydrogen-bond acceptors (Lipinski definition) is 2. The largest absolute Gasteiger partial charge is 0.346 e. The van der Waals surface area contributed by atoms with Crippen molar-refractivity contribution < 1.29 is 9.59 Å². The molecular weight excluding hydrogens is 204 g/mol. The van der Waals surface area contributed by atoms with Crippen molar-refractivity contribution in [3.05, 3.63) is 0 Å². The lowest BCUT2D eigenvalue weighted by Gasteiger charge is -2.21. The Hall–Kier alpha value is -1.06. The van der Waals surface area contributed by atoms with Crippen molar-refractivity contribution in [1.82, 2.24) is 9.80 Å². The highest BCUT2D eigenvalue weighted by Crippen LogP contribution is 2.14. The summed E-state index contributed by atoms with van der Waals surface area (Å²) in [5.41, 5.74) is 0. The molecular formula is C12H22N2O2. The van der Waals surface area contributed by atoms with Crippen molar-refractivity contribution in [2.75, 3.05) is 20.6 Å². The Bertz CT molecular complexity index is 260. The van der Waals surface area contributed by atoms with Gasteiger partial charge < -0.3 is 9.80 Å². The highest BCUT2D eigenvalue weighted by atomic mass is 16.2. The van der Waals surface area contributed by atoms with E-state index < -0.39 is 0 Å². The fourth-order valence-electron chi connectivity index (χ4n) is 1.89. The van der Waals surface area contributed by atoms with Crippen molar-refractivity contribution in [2.45, 2.75) is 45.1 Å². The van der Waals surface area contributed by atoms with Crippen molar-refractivity contribution >= 4 is 11.8 Å². The van der Waals surface area contributed by atoms with E-state index in [2.05, 4.69) is 6.92 Å². The van der Waals surface area contributed by atoms with Crippen LogP contribution in [0.15, 0.2) is 0 Å². The SMILES string of the molecule is CC1CCC(=O)N1C.CN1CCCCC1=O. The normalized spacial score (nSPS) is 25.6. The van der Waals surface area contributed by atoms with Crippen LogP contribution in [0.3, 0.4) is 0 Å². The highest BCUT2D eigenvalue weighted by molar-refractivity contribution is 5.78. The predicted octanol–water partition coefficient (Wildman–Crippen LogP) is 1.26. The van der Waals surface area contributed by atoms with Gasteiger partial charge in [-0.1, -0.05) is 0 Å². The van der Waals surface area contributed by atoms with E-state index in [1.807, 2.05) is 14.1 Å². The fraction of sp³-hybridized carbons (Fsp3) is 0.833. The minimum atomic E-state index is 0.289. The average molecular weight is 226 g/mol. The van der Waals surface area contributed by atoms with Gasteiger partial charge in [0.15, 0.2) is 0 Å². The van der Waals surface area contributed by atoms with E-state index in [0.717, 1.165) is 32.2 Å². The second-order valence-electron chi connectivity index (χ2n) is 4.66. The molecule has 0 saturated carbocycles. The summed E-state index contributed by atoms with van der Waals surface area (Å²) in [5, 5.41) is 0. The Morgan fingerprint density at radius 1 is 1.06 bits per heavy atom. The second-order valence-corrected chi connectivity index (χ2v) is 4.66. The zero-order valence-corrected chi connectivity index (χ0v) is 10.5. The van der Waals surface area contributed by atoms with Gasteiger partial charge in [-0.15, -0.1) is 0 Å². The lowest BCUT2D eigenvalue weighted by atomic mass is 10.1. The van der Waals surface area contributed by atoms with Gasteiger partial charge >= 0.3 is 0 Å². The number of likely N-dealkylation sites (tertiary alicyclic amines) is 2. The zero-order valence-electron chi connectivity index (χ0n) is 10.5. The maximum Gasteiger partial charge on any atom is 0.222 e. The van der Waals surface area contributed by atoms with E-state index in [4.69, 9.17) is 0 Å². The number of hydrogen-bond donors (Lipinski definition) is 0. The topological polar surface area (TPSA) is 40.6 Å². The summed E-state index contributed by atoms with van der Waals surface area (Å²) in [4.78, 5) is 25.0. The molecule has 16 heavy (non-hydrogen) atoms. The van der Waals surface area contributed by atoms with Crippen LogP contribution < -0.4 is 0 Å². The number of rotatable bonds is 0. The molecule has 1 unspecified atom stereocenters. The smallest absolute Gasteiger partial charge is 0.222 e. The first kappa shape index (κ1) is 13.0. The van der Waals surface area contributed by atoms with Crippen LogP contribution in [0.25, 0.3) is 0 Å².